The first kappa shape index (κ1) is 22.6. The van der Waals surface area contributed by atoms with Crippen molar-refractivity contribution in [2.75, 3.05) is 0 Å². The second kappa shape index (κ2) is 9.82. The summed E-state index contributed by atoms with van der Waals surface area (Å²) in [5.41, 5.74) is 3.33. The van der Waals surface area contributed by atoms with Gasteiger partial charge in [0.1, 0.15) is 11.5 Å². The molecular weight excluding hydrogens is 415 g/mol. The number of aryl methyl sites for hydroxylation is 2. The summed E-state index contributed by atoms with van der Waals surface area (Å²) in [6.07, 6.45) is 0. The molecule has 3 aromatic rings. The second-order valence-electron chi connectivity index (χ2n) is 7.48. The monoisotopic (exact) mass is 440 g/mol. The molecule has 0 aliphatic heterocycles. The van der Waals surface area contributed by atoms with Crippen LogP contribution in [-0.2, 0) is 14.1 Å². The van der Waals surface area contributed by atoms with Gasteiger partial charge in [0, 0.05) is 0 Å². The Morgan fingerprint density at radius 1 is 0.742 bits per heavy atom. The molecule has 7 heteroatoms. The van der Waals surface area contributed by atoms with Crippen molar-refractivity contribution in [2.24, 2.45) is 0 Å². The second-order valence-corrected chi connectivity index (χ2v) is 8.89. The molecule has 0 unspecified atom stereocenters. The zero-order valence-corrected chi connectivity index (χ0v) is 18.8. The standard InChI is InChI=1S/C24H25O6P/c1-17(2)20-9-11-21(12-10-20)24(25)27-30-31(26,28-22-13-5-18(3)6-14-22)29-23-15-7-19(4)8-16-23/h5-17H,1-4H3. The van der Waals surface area contributed by atoms with Gasteiger partial charge in [-0.1, -0.05) is 61.4 Å². The van der Waals surface area contributed by atoms with E-state index >= 15 is 0 Å². The molecule has 0 fully saturated rings. The van der Waals surface area contributed by atoms with Gasteiger partial charge < -0.3 is 9.05 Å². The van der Waals surface area contributed by atoms with Crippen LogP contribution < -0.4 is 9.05 Å². The molecule has 162 valence electrons. The van der Waals surface area contributed by atoms with Gasteiger partial charge in [0.25, 0.3) is 0 Å². The summed E-state index contributed by atoms with van der Waals surface area (Å²) in [6.45, 7) is 7.93. The van der Waals surface area contributed by atoms with Gasteiger partial charge >= 0.3 is 13.8 Å². The van der Waals surface area contributed by atoms with Crippen molar-refractivity contribution in [3.8, 4) is 11.5 Å². The van der Waals surface area contributed by atoms with E-state index in [1.807, 2.05) is 26.0 Å². The molecule has 0 aliphatic rings. The summed E-state index contributed by atoms with van der Waals surface area (Å²) in [5.74, 6) is 0.0136. The van der Waals surface area contributed by atoms with E-state index in [0.29, 0.717) is 5.92 Å². The van der Waals surface area contributed by atoms with Gasteiger partial charge in [-0.2, -0.15) is 0 Å². The van der Waals surface area contributed by atoms with E-state index in [2.05, 4.69) is 13.8 Å². The van der Waals surface area contributed by atoms with Gasteiger partial charge in [-0.15, -0.1) is 0 Å². The van der Waals surface area contributed by atoms with Crippen LogP contribution in [0.3, 0.4) is 0 Å². The Labute approximate surface area is 182 Å². The third-order valence-corrected chi connectivity index (χ3v) is 5.62. The Bertz CT molecular complexity index is 1010. The third kappa shape index (κ3) is 6.45. The number of carbonyl (C=O) groups is 1. The molecule has 0 saturated carbocycles. The SMILES string of the molecule is Cc1ccc(OP(=O)(OOC(=O)c2ccc(C(C)C)cc2)Oc2ccc(C)cc2)cc1. The lowest BCUT2D eigenvalue weighted by Crippen LogP contribution is -2.10. The van der Waals surface area contributed by atoms with Crippen LogP contribution in [0, 0.1) is 13.8 Å². The Kier molecular flexibility index (Phi) is 7.16. The molecule has 0 aliphatic carbocycles. The van der Waals surface area contributed by atoms with Gasteiger partial charge in [0.05, 0.1) is 5.56 Å². The number of phosphoric acid groups is 1. The number of phosphoric ester groups is 1. The summed E-state index contributed by atoms with van der Waals surface area (Å²) < 4.78 is 29.1. The maximum Gasteiger partial charge on any atom is 0.625 e. The van der Waals surface area contributed by atoms with Crippen molar-refractivity contribution in [3.63, 3.8) is 0 Å². The zero-order valence-electron chi connectivity index (χ0n) is 17.9. The average molecular weight is 440 g/mol. The molecule has 0 spiro atoms. The summed E-state index contributed by atoms with van der Waals surface area (Å²) in [4.78, 5) is 17.2. The predicted molar refractivity (Wildman–Crippen MR) is 118 cm³/mol. The van der Waals surface area contributed by atoms with Crippen molar-refractivity contribution < 1.29 is 28.0 Å². The summed E-state index contributed by atoms with van der Waals surface area (Å²) >= 11 is 0. The highest BCUT2D eigenvalue weighted by atomic mass is 31.2. The van der Waals surface area contributed by atoms with Gasteiger partial charge in [0.15, 0.2) is 0 Å². The Balaban J connectivity index is 1.76. The van der Waals surface area contributed by atoms with Crippen LogP contribution in [0.2, 0.25) is 0 Å². The number of carbonyl (C=O) groups excluding carboxylic acids is 1. The first-order chi connectivity index (χ1) is 14.7. The van der Waals surface area contributed by atoms with Crippen LogP contribution in [-0.4, -0.2) is 5.97 Å². The lowest BCUT2D eigenvalue weighted by atomic mass is 10.0. The van der Waals surface area contributed by atoms with Gasteiger partial charge in [0.2, 0.25) is 0 Å². The summed E-state index contributed by atoms with van der Waals surface area (Å²) in [7, 11) is -4.34. The van der Waals surface area contributed by atoms with Crippen LogP contribution >= 0.6 is 7.82 Å². The van der Waals surface area contributed by atoms with Crippen LogP contribution in [0.25, 0.3) is 0 Å². The minimum atomic E-state index is -4.34. The lowest BCUT2D eigenvalue weighted by Gasteiger charge is -2.17. The van der Waals surface area contributed by atoms with Crippen LogP contribution in [0.5, 0.6) is 11.5 Å². The van der Waals surface area contributed by atoms with E-state index in [4.69, 9.17) is 18.6 Å². The number of rotatable bonds is 8. The first-order valence-corrected chi connectivity index (χ1v) is 11.3. The fourth-order valence-corrected chi connectivity index (χ4v) is 3.65. The molecule has 0 atom stereocenters. The number of benzene rings is 3. The molecule has 0 bridgehead atoms. The molecule has 6 nitrogen and oxygen atoms in total. The molecule has 3 aromatic carbocycles. The predicted octanol–water partition coefficient (Wildman–Crippen LogP) is 6.78. The fraction of sp³-hybridized carbons (Fsp3) is 0.208. The molecular formula is C24H25O6P. The van der Waals surface area contributed by atoms with E-state index in [9.17, 15) is 9.36 Å². The molecule has 0 aromatic heterocycles. The molecule has 0 amide bonds. The molecule has 0 N–H and O–H groups in total. The van der Waals surface area contributed by atoms with E-state index in [0.717, 1.165) is 16.7 Å². The molecule has 31 heavy (non-hydrogen) atoms. The molecule has 3 rings (SSSR count). The van der Waals surface area contributed by atoms with E-state index < -0.39 is 13.8 Å². The Morgan fingerprint density at radius 2 is 1.19 bits per heavy atom. The van der Waals surface area contributed by atoms with E-state index in [-0.39, 0.29) is 17.1 Å². The van der Waals surface area contributed by atoms with Gasteiger partial charge in [-0.3, -0.25) is 4.89 Å². The average Bonchev–Trinajstić information content (AvgIpc) is 2.75. The highest BCUT2D eigenvalue weighted by Gasteiger charge is 2.35. The normalized spacial score (nSPS) is 11.3. The number of hydrogen-bond donors (Lipinski definition) is 0. The van der Waals surface area contributed by atoms with Crippen molar-refractivity contribution in [3.05, 3.63) is 95.1 Å². The van der Waals surface area contributed by atoms with Crippen LogP contribution in [0.15, 0.2) is 72.8 Å². The van der Waals surface area contributed by atoms with Crippen molar-refractivity contribution >= 4 is 13.8 Å². The maximum atomic E-state index is 13.3. The minimum absolute atomic E-state index is 0.249. The third-order valence-electron chi connectivity index (χ3n) is 4.49. The Morgan fingerprint density at radius 3 is 1.61 bits per heavy atom. The smallest absolute Gasteiger partial charge is 0.393 e. The van der Waals surface area contributed by atoms with Crippen LogP contribution in [0.1, 0.15) is 46.8 Å². The van der Waals surface area contributed by atoms with Crippen LogP contribution in [0.4, 0.5) is 0 Å². The van der Waals surface area contributed by atoms with Crippen molar-refractivity contribution in [2.45, 2.75) is 33.6 Å². The zero-order chi connectivity index (χ0) is 22.4. The van der Waals surface area contributed by atoms with Gasteiger partial charge in [-0.25, -0.2) is 9.36 Å². The molecule has 0 saturated heterocycles. The highest BCUT2D eigenvalue weighted by Crippen LogP contribution is 2.50. The molecule has 0 heterocycles. The van der Waals surface area contributed by atoms with E-state index in [1.165, 1.54) is 0 Å². The van der Waals surface area contributed by atoms with Gasteiger partial charge in [-0.05, 0) is 66.4 Å². The maximum absolute atomic E-state index is 13.3. The summed E-state index contributed by atoms with van der Waals surface area (Å²) in [5, 5.41) is 0. The van der Waals surface area contributed by atoms with Crippen molar-refractivity contribution in [1.29, 1.82) is 0 Å². The minimum Gasteiger partial charge on any atom is -0.393 e. The molecule has 0 radical (unpaired) electrons. The highest BCUT2D eigenvalue weighted by molar-refractivity contribution is 7.49. The summed E-state index contributed by atoms with van der Waals surface area (Å²) in [6, 6.07) is 20.5. The number of hydrogen-bond acceptors (Lipinski definition) is 6. The largest absolute Gasteiger partial charge is 0.625 e. The van der Waals surface area contributed by atoms with Crippen molar-refractivity contribution in [1.82, 2.24) is 0 Å². The lowest BCUT2D eigenvalue weighted by molar-refractivity contribution is -0.163. The topological polar surface area (TPSA) is 71.1 Å². The quantitative estimate of drug-likeness (QED) is 0.218. The van der Waals surface area contributed by atoms with E-state index in [1.54, 1.807) is 60.7 Å². The fourth-order valence-electron chi connectivity index (χ4n) is 2.64. The Hall–Kier alpha value is -3.08. The first-order valence-electron chi connectivity index (χ1n) is 9.87.